The molecule has 1 aromatic heterocycles. The molecule has 1 unspecified atom stereocenters. The lowest BCUT2D eigenvalue weighted by Gasteiger charge is -2.16. The quantitative estimate of drug-likeness (QED) is 0.773. The van der Waals surface area contributed by atoms with Gasteiger partial charge in [-0.15, -0.1) is 0 Å². The molecule has 0 amide bonds. The molecule has 2 N–H and O–H groups in total. The minimum absolute atomic E-state index is 0.281. The molecule has 104 valence electrons. The van der Waals surface area contributed by atoms with Crippen LogP contribution >= 0.6 is 0 Å². The fraction of sp³-hybridized carbons (Fsp3) is 0.500. The monoisotopic (exact) mass is 263 g/mol. The van der Waals surface area contributed by atoms with Gasteiger partial charge in [0.15, 0.2) is 5.58 Å². The molecule has 0 aliphatic rings. The number of hydrogen-bond acceptors (Lipinski definition) is 4. The van der Waals surface area contributed by atoms with E-state index in [0.717, 1.165) is 30.5 Å². The summed E-state index contributed by atoms with van der Waals surface area (Å²) in [5, 5.41) is 6.46. The summed E-state index contributed by atoms with van der Waals surface area (Å²) in [6.45, 7) is 1.00. The highest BCUT2D eigenvalue weighted by Gasteiger charge is 2.12. The van der Waals surface area contributed by atoms with E-state index >= 15 is 0 Å². The standard InChI is InChI=1S/C14H21N3O2/c1-15-8-4-5-11(16-2)10-6-7-12-13(9-10)19-14(18)17(12)3/h6-7,9,11,15-16H,4-5,8H2,1-3H3. The van der Waals surface area contributed by atoms with Crippen molar-refractivity contribution in [3.63, 3.8) is 0 Å². The predicted molar refractivity (Wildman–Crippen MR) is 76.4 cm³/mol. The van der Waals surface area contributed by atoms with Gasteiger partial charge in [0.1, 0.15) is 0 Å². The van der Waals surface area contributed by atoms with Crippen LogP contribution in [-0.4, -0.2) is 25.2 Å². The van der Waals surface area contributed by atoms with Gasteiger partial charge in [0.2, 0.25) is 0 Å². The van der Waals surface area contributed by atoms with Crippen LogP contribution in [0.15, 0.2) is 27.4 Å². The lowest BCUT2D eigenvalue weighted by Crippen LogP contribution is -2.18. The van der Waals surface area contributed by atoms with Crippen molar-refractivity contribution < 1.29 is 4.42 Å². The Balaban J connectivity index is 2.25. The highest BCUT2D eigenvalue weighted by molar-refractivity contribution is 5.73. The van der Waals surface area contributed by atoms with Crippen molar-refractivity contribution in [1.82, 2.24) is 15.2 Å². The van der Waals surface area contributed by atoms with Gasteiger partial charge in [-0.1, -0.05) is 6.07 Å². The molecular weight excluding hydrogens is 242 g/mol. The first kappa shape index (κ1) is 13.8. The summed E-state index contributed by atoms with van der Waals surface area (Å²) in [6.07, 6.45) is 2.14. The summed E-state index contributed by atoms with van der Waals surface area (Å²) in [6, 6.07) is 6.23. The van der Waals surface area contributed by atoms with E-state index in [1.807, 2.05) is 26.2 Å². The van der Waals surface area contributed by atoms with Gasteiger partial charge in [-0.3, -0.25) is 4.57 Å². The summed E-state index contributed by atoms with van der Waals surface area (Å²) in [5.74, 6) is -0.316. The molecule has 0 radical (unpaired) electrons. The number of oxazole rings is 1. The third-order valence-electron chi connectivity index (χ3n) is 3.49. The van der Waals surface area contributed by atoms with Crippen LogP contribution < -0.4 is 16.4 Å². The first-order valence-electron chi connectivity index (χ1n) is 6.58. The van der Waals surface area contributed by atoms with Crippen LogP contribution in [0.3, 0.4) is 0 Å². The largest absolute Gasteiger partial charge is 0.419 e. The molecule has 2 rings (SSSR count). The molecule has 0 saturated heterocycles. The third kappa shape index (κ3) is 2.88. The molecule has 0 bridgehead atoms. The van der Waals surface area contributed by atoms with Gasteiger partial charge in [-0.2, -0.15) is 0 Å². The van der Waals surface area contributed by atoms with Crippen LogP contribution in [0.2, 0.25) is 0 Å². The second-order valence-electron chi connectivity index (χ2n) is 4.74. The fourth-order valence-electron chi connectivity index (χ4n) is 2.33. The highest BCUT2D eigenvalue weighted by Crippen LogP contribution is 2.22. The molecule has 0 aliphatic carbocycles. The SMILES string of the molecule is CNCCCC(NC)c1ccc2c(c1)oc(=O)n2C. The maximum atomic E-state index is 11.5. The zero-order chi connectivity index (χ0) is 13.8. The first-order chi connectivity index (χ1) is 9.17. The Hall–Kier alpha value is -1.59. The Bertz CT molecular complexity index is 600. The van der Waals surface area contributed by atoms with Gasteiger partial charge >= 0.3 is 5.76 Å². The van der Waals surface area contributed by atoms with E-state index in [-0.39, 0.29) is 11.8 Å². The van der Waals surface area contributed by atoms with Crippen LogP contribution in [0, 0.1) is 0 Å². The smallest absolute Gasteiger partial charge is 0.408 e. The summed E-state index contributed by atoms with van der Waals surface area (Å²) in [7, 11) is 5.63. The maximum Gasteiger partial charge on any atom is 0.419 e. The van der Waals surface area contributed by atoms with E-state index in [0.29, 0.717) is 5.58 Å². The lowest BCUT2D eigenvalue weighted by atomic mass is 10.0. The van der Waals surface area contributed by atoms with E-state index in [1.165, 1.54) is 4.57 Å². The molecule has 2 aromatic rings. The minimum Gasteiger partial charge on any atom is -0.408 e. The Morgan fingerprint density at radius 3 is 2.84 bits per heavy atom. The van der Waals surface area contributed by atoms with E-state index in [2.05, 4.69) is 16.7 Å². The fourth-order valence-corrected chi connectivity index (χ4v) is 2.33. The number of hydrogen-bond donors (Lipinski definition) is 2. The second-order valence-corrected chi connectivity index (χ2v) is 4.74. The summed E-state index contributed by atoms with van der Waals surface area (Å²) in [5.41, 5.74) is 2.64. The highest BCUT2D eigenvalue weighted by atomic mass is 16.4. The molecule has 0 aliphatic heterocycles. The molecule has 0 spiro atoms. The van der Waals surface area contributed by atoms with Crippen molar-refractivity contribution >= 4 is 11.1 Å². The van der Waals surface area contributed by atoms with Gasteiger partial charge in [-0.25, -0.2) is 4.79 Å². The number of benzene rings is 1. The van der Waals surface area contributed by atoms with E-state index in [4.69, 9.17) is 4.42 Å². The van der Waals surface area contributed by atoms with E-state index in [9.17, 15) is 4.79 Å². The number of fused-ring (bicyclic) bond motifs is 1. The molecule has 1 aromatic carbocycles. The van der Waals surface area contributed by atoms with Gasteiger partial charge in [0, 0.05) is 13.1 Å². The number of nitrogens with zero attached hydrogens (tertiary/aromatic N) is 1. The van der Waals surface area contributed by atoms with Gasteiger partial charge in [0.05, 0.1) is 5.52 Å². The Morgan fingerprint density at radius 1 is 1.37 bits per heavy atom. The average molecular weight is 263 g/mol. The maximum absolute atomic E-state index is 11.5. The Morgan fingerprint density at radius 2 is 2.16 bits per heavy atom. The molecule has 5 heteroatoms. The van der Waals surface area contributed by atoms with E-state index in [1.54, 1.807) is 7.05 Å². The van der Waals surface area contributed by atoms with Crippen LogP contribution in [0.25, 0.3) is 11.1 Å². The lowest BCUT2D eigenvalue weighted by molar-refractivity contribution is 0.513. The van der Waals surface area contributed by atoms with E-state index < -0.39 is 0 Å². The van der Waals surface area contributed by atoms with Gasteiger partial charge in [0.25, 0.3) is 0 Å². The molecule has 0 saturated carbocycles. The average Bonchev–Trinajstić information content (AvgIpc) is 2.70. The molecule has 1 heterocycles. The third-order valence-corrected chi connectivity index (χ3v) is 3.49. The topological polar surface area (TPSA) is 59.2 Å². The Kier molecular flexibility index (Phi) is 4.39. The first-order valence-corrected chi connectivity index (χ1v) is 6.58. The number of nitrogens with one attached hydrogen (secondary N) is 2. The van der Waals surface area contributed by atoms with Crippen molar-refractivity contribution in [3.05, 3.63) is 34.3 Å². The normalized spacial score (nSPS) is 13.0. The molecule has 5 nitrogen and oxygen atoms in total. The summed E-state index contributed by atoms with van der Waals surface area (Å²) in [4.78, 5) is 11.5. The number of aromatic nitrogens is 1. The van der Waals surface area contributed by atoms with Crippen LogP contribution in [0.5, 0.6) is 0 Å². The number of aryl methyl sites for hydroxylation is 1. The van der Waals surface area contributed by atoms with Crippen LogP contribution in [0.4, 0.5) is 0 Å². The van der Waals surface area contributed by atoms with Crippen molar-refractivity contribution in [2.45, 2.75) is 18.9 Å². The van der Waals surface area contributed by atoms with Gasteiger partial charge in [-0.05, 0) is 51.2 Å². The van der Waals surface area contributed by atoms with Crippen LogP contribution in [-0.2, 0) is 7.05 Å². The predicted octanol–water partition coefficient (Wildman–Crippen LogP) is 1.39. The summed E-state index contributed by atoms with van der Waals surface area (Å²) >= 11 is 0. The Labute approximate surface area is 112 Å². The zero-order valence-corrected chi connectivity index (χ0v) is 11.7. The van der Waals surface area contributed by atoms with Crippen molar-refractivity contribution in [2.75, 3.05) is 20.6 Å². The van der Waals surface area contributed by atoms with Crippen LogP contribution in [0.1, 0.15) is 24.4 Å². The van der Waals surface area contributed by atoms with Crippen molar-refractivity contribution in [1.29, 1.82) is 0 Å². The van der Waals surface area contributed by atoms with Gasteiger partial charge < -0.3 is 15.1 Å². The number of rotatable bonds is 6. The van der Waals surface area contributed by atoms with Crippen molar-refractivity contribution in [3.8, 4) is 0 Å². The molecule has 1 atom stereocenters. The summed E-state index contributed by atoms with van der Waals surface area (Å²) < 4.78 is 6.75. The van der Waals surface area contributed by atoms with Crippen molar-refractivity contribution in [2.24, 2.45) is 7.05 Å². The molecular formula is C14H21N3O2. The zero-order valence-electron chi connectivity index (χ0n) is 11.7. The minimum atomic E-state index is -0.316. The molecule has 0 fully saturated rings. The molecule has 19 heavy (non-hydrogen) atoms. The second kappa shape index (κ2) is 6.04.